The van der Waals surface area contributed by atoms with Crippen LogP contribution in [0.3, 0.4) is 0 Å². The highest BCUT2D eigenvalue weighted by atomic mass is 32.1. The standard InChI is InChI=1S/C12H20N2O2S/c1-4-10(5-2)14(6-7-16-3)12-13-8-11(9-15)17-12/h8-10H,4-7H2,1-3H3. The van der Waals surface area contributed by atoms with Crippen molar-refractivity contribution in [2.24, 2.45) is 0 Å². The second-order valence-corrected chi connectivity index (χ2v) is 4.86. The van der Waals surface area contributed by atoms with E-state index in [0.29, 0.717) is 17.5 Å². The van der Waals surface area contributed by atoms with Gasteiger partial charge in [0.15, 0.2) is 11.4 Å². The SMILES string of the molecule is CCC(CC)N(CCOC)c1ncc(C=O)s1. The highest BCUT2D eigenvalue weighted by molar-refractivity contribution is 7.17. The highest BCUT2D eigenvalue weighted by Crippen LogP contribution is 2.25. The van der Waals surface area contributed by atoms with E-state index in [-0.39, 0.29) is 0 Å². The van der Waals surface area contributed by atoms with Crippen LogP contribution in [0, 0.1) is 0 Å². The van der Waals surface area contributed by atoms with Gasteiger partial charge in [0, 0.05) is 19.7 Å². The number of methoxy groups -OCH3 is 1. The number of aldehydes is 1. The van der Waals surface area contributed by atoms with Crippen LogP contribution in [0.2, 0.25) is 0 Å². The van der Waals surface area contributed by atoms with Gasteiger partial charge in [-0.15, -0.1) is 0 Å². The number of ether oxygens (including phenoxy) is 1. The van der Waals surface area contributed by atoms with E-state index in [9.17, 15) is 4.79 Å². The van der Waals surface area contributed by atoms with Gasteiger partial charge in [-0.05, 0) is 12.8 Å². The largest absolute Gasteiger partial charge is 0.383 e. The van der Waals surface area contributed by atoms with Crippen molar-refractivity contribution in [3.8, 4) is 0 Å². The lowest BCUT2D eigenvalue weighted by Crippen LogP contribution is -2.37. The number of hydrogen-bond acceptors (Lipinski definition) is 5. The van der Waals surface area contributed by atoms with Crippen LogP contribution < -0.4 is 4.90 Å². The van der Waals surface area contributed by atoms with Crippen LogP contribution in [0.15, 0.2) is 6.20 Å². The second kappa shape index (κ2) is 7.40. The topological polar surface area (TPSA) is 42.4 Å². The number of hydrogen-bond donors (Lipinski definition) is 0. The number of carbonyl (C=O) groups excluding carboxylic acids is 1. The van der Waals surface area contributed by atoms with Crippen molar-refractivity contribution in [3.05, 3.63) is 11.1 Å². The first-order valence-electron chi connectivity index (χ1n) is 5.93. The van der Waals surface area contributed by atoms with E-state index in [2.05, 4.69) is 23.7 Å². The number of anilines is 1. The van der Waals surface area contributed by atoms with Gasteiger partial charge in [-0.25, -0.2) is 4.98 Å². The Morgan fingerprint density at radius 1 is 1.53 bits per heavy atom. The smallest absolute Gasteiger partial charge is 0.186 e. The van der Waals surface area contributed by atoms with Crippen LogP contribution in [0.1, 0.15) is 36.4 Å². The molecule has 0 aliphatic rings. The van der Waals surface area contributed by atoms with Gasteiger partial charge in [-0.3, -0.25) is 4.79 Å². The average Bonchev–Trinajstić information content (AvgIpc) is 2.83. The molecule has 0 spiro atoms. The first kappa shape index (κ1) is 14.1. The van der Waals surface area contributed by atoms with Gasteiger partial charge in [0.1, 0.15) is 0 Å². The zero-order valence-corrected chi connectivity index (χ0v) is 11.5. The number of thiazole rings is 1. The molecule has 0 aliphatic carbocycles. The first-order valence-corrected chi connectivity index (χ1v) is 6.75. The molecule has 0 atom stereocenters. The molecule has 0 fully saturated rings. The van der Waals surface area contributed by atoms with Crippen molar-refractivity contribution in [1.82, 2.24) is 4.98 Å². The summed E-state index contributed by atoms with van der Waals surface area (Å²) in [5.41, 5.74) is 0. The van der Waals surface area contributed by atoms with E-state index in [1.165, 1.54) is 11.3 Å². The quantitative estimate of drug-likeness (QED) is 0.670. The van der Waals surface area contributed by atoms with Crippen molar-refractivity contribution < 1.29 is 9.53 Å². The summed E-state index contributed by atoms with van der Waals surface area (Å²) in [6.07, 6.45) is 4.62. The molecule has 4 nitrogen and oxygen atoms in total. The molecular weight excluding hydrogens is 236 g/mol. The van der Waals surface area contributed by atoms with Crippen molar-refractivity contribution in [2.75, 3.05) is 25.2 Å². The minimum atomic E-state index is 0.454. The summed E-state index contributed by atoms with van der Waals surface area (Å²) >= 11 is 1.44. The van der Waals surface area contributed by atoms with Crippen molar-refractivity contribution in [1.29, 1.82) is 0 Å². The van der Waals surface area contributed by atoms with E-state index < -0.39 is 0 Å². The van der Waals surface area contributed by atoms with Crippen LogP contribution in [-0.4, -0.2) is 37.6 Å². The molecule has 0 N–H and O–H groups in total. The summed E-state index contributed by atoms with van der Waals surface area (Å²) in [5.74, 6) is 0. The maximum atomic E-state index is 10.7. The zero-order valence-electron chi connectivity index (χ0n) is 10.7. The molecule has 0 saturated heterocycles. The molecule has 0 bridgehead atoms. The molecule has 0 aliphatic heterocycles. The third-order valence-electron chi connectivity index (χ3n) is 2.79. The summed E-state index contributed by atoms with van der Waals surface area (Å²) in [6.45, 7) is 5.82. The van der Waals surface area contributed by atoms with Gasteiger partial charge >= 0.3 is 0 Å². The van der Waals surface area contributed by atoms with E-state index in [0.717, 1.165) is 30.8 Å². The van der Waals surface area contributed by atoms with Crippen LogP contribution in [0.5, 0.6) is 0 Å². The minimum Gasteiger partial charge on any atom is -0.383 e. The van der Waals surface area contributed by atoms with Crippen LogP contribution in [0.25, 0.3) is 0 Å². The minimum absolute atomic E-state index is 0.454. The molecule has 17 heavy (non-hydrogen) atoms. The molecule has 1 aromatic heterocycles. The maximum absolute atomic E-state index is 10.7. The van der Waals surface area contributed by atoms with Crippen LogP contribution in [-0.2, 0) is 4.74 Å². The highest BCUT2D eigenvalue weighted by Gasteiger charge is 2.18. The number of nitrogens with zero attached hydrogens (tertiary/aromatic N) is 2. The summed E-state index contributed by atoms with van der Waals surface area (Å²) < 4.78 is 5.13. The molecular formula is C12H20N2O2S. The average molecular weight is 256 g/mol. The Bertz CT molecular complexity index is 337. The zero-order chi connectivity index (χ0) is 12.7. The summed E-state index contributed by atoms with van der Waals surface area (Å²) in [4.78, 5) is 17.9. The Hall–Kier alpha value is -0.940. The molecule has 0 saturated carbocycles. The monoisotopic (exact) mass is 256 g/mol. The van der Waals surface area contributed by atoms with Gasteiger partial charge < -0.3 is 9.64 Å². The molecule has 1 rings (SSSR count). The molecule has 5 heteroatoms. The third-order valence-corrected chi connectivity index (χ3v) is 3.75. The molecule has 0 unspecified atom stereocenters. The Balaban J connectivity index is 2.83. The lowest BCUT2D eigenvalue weighted by Gasteiger charge is -2.29. The Morgan fingerprint density at radius 3 is 2.71 bits per heavy atom. The van der Waals surface area contributed by atoms with E-state index in [1.54, 1.807) is 13.3 Å². The van der Waals surface area contributed by atoms with Gasteiger partial charge in [0.05, 0.1) is 17.7 Å². The predicted molar refractivity (Wildman–Crippen MR) is 71.1 cm³/mol. The fraction of sp³-hybridized carbons (Fsp3) is 0.667. The fourth-order valence-electron chi connectivity index (χ4n) is 1.82. The number of aromatic nitrogens is 1. The summed E-state index contributed by atoms with van der Waals surface area (Å²) in [6, 6.07) is 0.454. The fourth-order valence-corrected chi connectivity index (χ4v) is 2.65. The number of rotatable bonds is 8. The van der Waals surface area contributed by atoms with E-state index >= 15 is 0 Å². The van der Waals surface area contributed by atoms with Gasteiger partial charge in [-0.2, -0.15) is 0 Å². The van der Waals surface area contributed by atoms with Crippen molar-refractivity contribution in [3.63, 3.8) is 0 Å². The van der Waals surface area contributed by atoms with E-state index in [1.807, 2.05) is 0 Å². The summed E-state index contributed by atoms with van der Waals surface area (Å²) in [7, 11) is 1.70. The van der Waals surface area contributed by atoms with Crippen LogP contribution in [0.4, 0.5) is 5.13 Å². The predicted octanol–water partition coefficient (Wildman–Crippen LogP) is 2.60. The van der Waals surface area contributed by atoms with Crippen molar-refractivity contribution >= 4 is 22.8 Å². The maximum Gasteiger partial charge on any atom is 0.186 e. The Kier molecular flexibility index (Phi) is 6.15. The van der Waals surface area contributed by atoms with Gasteiger partial charge in [-0.1, -0.05) is 25.2 Å². The molecule has 0 radical (unpaired) electrons. The van der Waals surface area contributed by atoms with Gasteiger partial charge in [0.25, 0.3) is 0 Å². The first-order chi connectivity index (χ1) is 8.26. The van der Waals surface area contributed by atoms with Gasteiger partial charge in [0.2, 0.25) is 0 Å². The molecule has 1 aromatic rings. The number of carbonyl (C=O) groups is 1. The van der Waals surface area contributed by atoms with Crippen molar-refractivity contribution in [2.45, 2.75) is 32.7 Å². The summed E-state index contributed by atoms with van der Waals surface area (Å²) in [5, 5.41) is 0.915. The molecule has 0 aromatic carbocycles. The van der Waals surface area contributed by atoms with E-state index in [4.69, 9.17) is 4.74 Å². The molecule has 96 valence electrons. The lowest BCUT2D eigenvalue weighted by atomic mass is 10.1. The Labute approximate surface area is 107 Å². The molecule has 0 amide bonds. The van der Waals surface area contributed by atoms with Crippen LogP contribution >= 0.6 is 11.3 Å². The Morgan fingerprint density at radius 2 is 2.24 bits per heavy atom. The second-order valence-electron chi connectivity index (χ2n) is 3.82. The normalized spacial score (nSPS) is 10.8. The molecule has 1 heterocycles. The lowest BCUT2D eigenvalue weighted by molar-refractivity contribution is 0.112. The third kappa shape index (κ3) is 3.78.